The third kappa shape index (κ3) is 9.79. The van der Waals surface area contributed by atoms with E-state index in [2.05, 4.69) is 0 Å². The van der Waals surface area contributed by atoms with Crippen molar-refractivity contribution in [1.29, 1.82) is 0 Å². The molecular weight excluding hydrogens is 939 g/mol. The second-order valence-electron chi connectivity index (χ2n) is 17.8. The van der Waals surface area contributed by atoms with Crippen LogP contribution in [-0.2, 0) is 22.4 Å². The van der Waals surface area contributed by atoms with Crippen molar-refractivity contribution in [3.63, 3.8) is 0 Å². The lowest BCUT2D eigenvalue weighted by Crippen LogP contribution is -2.26. The van der Waals surface area contributed by atoms with Crippen LogP contribution in [-0.4, -0.2) is 50.3 Å². The molecule has 74 heavy (non-hydrogen) atoms. The highest BCUT2D eigenvalue weighted by Gasteiger charge is 2.37. The topological polar surface area (TPSA) is 237 Å². The number of aliphatic carboxylic acids is 1. The lowest BCUT2D eigenvalue weighted by atomic mass is 9.82. The molecule has 0 atom stereocenters. The van der Waals surface area contributed by atoms with E-state index >= 15 is 0 Å². The van der Waals surface area contributed by atoms with Gasteiger partial charge < -0.3 is 36.3 Å². The fourth-order valence-electron chi connectivity index (χ4n) is 8.86. The zero-order valence-electron chi connectivity index (χ0n) is 40.0. The molecule has 0 bridgehead atoms. The van der Waals surface area contributed by atoms with Crippen LogP contribution in [0.3, 0.4) is 0 Å². The number of hydrogen-bond donors (Lipinski definition) is 5. The summed E-state index contributed by atoms with van der Waals surface area (Å²) in [5.74, 6) is -2.60. The van der Waals surface area contributed by atoms with Crippen molar-refractivity contribution in [2.75, 3.05) is 16.4 Å². The second kappa shape index (κ2) is 20.5. The number of carboxylic acids is 1. The fraction of sp³-hybridized carbons (Fsp3) is 0.100. The Bertz CT molecular complexity index is 3520. The first-order chi connectivity index (χ1) is 35.6. The van der Waals surface area contributed by atoms with E-state index in [4.69, 9.17) is 26.0 Å². The molecular formula is C60H47N3O11. The summed E-state index contributed by atoms with van der Waals surface area (Å²) in [6.45, 7) is 4.02. The van der Waals surface area contributed by atoms with Crippen LogP contribution in [0.15, 0.2) is 158 Å². The van der Waals surface area contributed by atoms with Gasteiger partial charge in [-0.25, -0.2) is 0 Å². The maximum atomic E-state index is 13.5. The Balaban J connectivity index is 0.000000195. The van der Waals surface area contributed by atoms with Gasteiger partial charge in [0.1, 0.15) is 23.0 Å². The number of anilines is 4. The van der Waals surface area contributed by atoms with Gasteiger partial charge in [0, 0.05) is 58.6 Å². The SMILES string of the molecule is Cc1ccc(N(C(=O)CCc2ccc(Oc3cc(O)c4c(c3N)C(=O)c3ccccc3C4=O)cc2)c2ccc(C)cc2)cc1.Nc1c(Oc2ccc(CCC(=O)O)cc2)cc(O)c2c1C(=O)c1ccccc1C2=O. The lowest BCUT2D eigenvalue weighted by Gasteiger charge is -2.23. The average Bonchev–Trinajstić information content (AvgIpc) is 3.40. The normalized spacial score (nSPS) is 12.1. The summed E-state index contributed by atoms with van der Waals surface area (Å²) in [5.41, 5.74) is 18.5. The van der Waals surface area contributed by atoms with Gasteiger partial charge in [0.05, 0.1) is 33.6 Å². The summed E-state index contributed by atoms with van der Waals surface area (Å²) in [6.07, 6.45) is 1.19. The van der Waals surface area contributed by atoms with Gasteiger partial charge in [-0.05, 0) is 86.3 Å². The molecule has 0 saturated heterocycles. The third-order valence-electron chi connectivity index (χ3n) is 12.7. The lowest BCUT2D eigenvalue weighted by molar-refractivity contribution is -0.137. The van der Waals surface area contributed by atoms with Crippen molar-refractivity contribution in [2.24, 2.45) is 0 Å². The van der Waals surface area contributed by atoms with Crippen molar-refractivity contribution < 1.29 is 53.6 Å². The molecule has 0 saturated carbocycles. The van der Waals surface area contributed by atoms with Gasteiger partial charge in [0.2, 0.25) is 5.91 Å². The molecule has 0 aromatic heterocycles. The third-order valence-corrected chi connectivity index (χ3v) is 12.7. The molecule has 0 aliphatic heterocycles. The average molecular weight is 986 g/mol. The maximum absolute atomic E-state index is 13.5. The van der Waals surface area contributed by atoms with Crippen molar-refractivity contribution >= 4 is 57.8 Å². The molecule has 2 aliphatic carbocycles. The number of ether oxygens (including phenoxy) is 2. The van der Waals surface area contributed by atoms with Gasteiger partial charge >= 0.3 is 5.97 Å². The Hall–Kier alpha value is -9.82. The predicted molar refractivity (Wildman–Crippen MR) is 278 cm³/mol. The van der Waals surface area contributed by atoms with Crippen molar-refractivity contribution in [1.82, 2.24) is 0 Å². The summed E-state index contributed by atoms with van der Waals surface area (Å²) in [4.78, 5) is 78.0. The van der Waals surface area contributed by atoms with Crippen molar-refractivity contribution in [3.8, 4) is 34.5 Å². The highest BCUT2D eigenvalue weighted by molar-refractivity contribution is 6.32. The Labute approximate surface area is 424 Å². The maximum Gasteiger partial charge on any atom is 0.303 e. The number of nitrogen functional groups attached to an aromatic ring is 2. The van der Waals surface area contributed by atoms with Crippen molar-refractivity contribution in [3.05, 3.63) is 224 Å². The molecule has 7 N–H and O–H groups in total. The van der Waals surface area contributed by atoms with E-state index in [0.29, 0.717) is 24.3 Å². The van der Waals surface area contributed by atoms with E-state index in [0.717, 1.165) is 33.6 Å². The predicted octanol–water partition coefficient (Wildman–Crippen LogP) is 11.0. The van der Waals surface area contributed by atoms with Gasteiger partial charge in [-0.2, -0.15) is 0 Å². The molecule has 1 amide bonds. The van der Waals surface area contributed by atoms with Crippen LogP contribution < -0.4 is 25.8 Å². The van der Waals surface area contributed by atoms with Crippen LogP contribution in [0, 0.1) is 13.8 Å². The molecule has 0 fully saturated rings. The number of aromatic hydroxyl groups is 2. The number of phenolic OH excluding ortho intramolecular Hbond substituents is 2. The summed E-state index contributed by atoms with van der Waals surface area (Å²) < 4.78 is 11.7. The second-order valence-corrected chi connectivity index (χ2v) is 17.8. The van der Waals surface area contributed by atoms with Gasteiger partial charge in [0.25, 0.3) is 0 Å². The fourth-order valence-corrected chi connectivity index (χ4v) is 8.86. The number of aryl methyl sites for hydroxylation is 4. The number of ketones is 4. The molecule has 8 aromatic carbocycles. The van der Waals surface area contributed by atoms with Crippen LogP contribution in [0.25, 0.3) is 0 Å². The minimum atomic E-state index is -0.881. The molecule has 14 heteroatoms. The molecule has 10 rings (SSSR count). The summed E-state index contributed by atoms with van der Waals surface area (Å²) in [6, 6.07) is 44.9. The van der Waals surface area contributed by atoms with E-state index in [9.17, 15) is 39.0 Å². The number of fused-ring (bicyclic) bond motifs is 4. The Morgan fingerprint density at radius 1 is 0.473 bits per heavy atom. The minimum Gasteiger partial charge on any atom is -0.507 e. The van der Waals surface area contributed by atoms with Gasteiger partial charge in [-0.15, -0.1) is 0 Å². The number of carboxylic acid groups (broad SMARTS) is 1. The number of rotatable bonds is 12. The Morgan fingerprint density at radius 3 is 1.16 bits per heavy atom. The van der Waals surface area contributed by atoms with Crippen LogP contribution in [0.2, 0.25) is 0 Å². The Kier molecular flexibility index (Phi) is 13.6. The number of nitrogens with two attached hydrogens (primary N) is 2. The molecule has 2 aliphatic rings. The van der Waals surface area contributed by atoms with E-state index in [-0.39, 0.29) is 97.6 Å². The molecule has 0 heterocycles. The molecule has 8 aromatic rings. The van der Waals surface area contributed by atoms with E-state index in [1.807, 2.05) is 74.5 Å². The first-order valence-corrected chi connectivity index (χ1v) is 23.5. The van der Waals surface area contributed by atoms with Crippen LogP contribution in [0.4, 0.5) is 22.7 Å². The number of carbonyl (C=O) groups is 6. The molecule has 368 valence electrons. The summed E-state index contributed by atoms with van der Waals surface area (Å²) in [7, 11) is 0. The first kappa shape index (κ1) is 49.2. The van der Waals surface area contributed by atoms with Crippen LogP contribution >= 0.6 is 0 Å². The molecule has 0 unspecified atom stereocenters. The highest BCUT2D eigenvalue weighted by Crippen LogP contribution is 2.44. The standard InChI is InChI=1S/C37H30N2O5.C23H17NO6/c1-22-7-14-25(15-8-22)39(26-16-9-23(2)10-17-26)32(41)20-13-24-11-18-27(19-12-24)44-31-21-30(40)33-34(35(31)38)37(43)29-6-4-3-5-28(29)36(33)42;24-21-17(30-13-8-5-12(6-9-13)7-10-18(26)27)11-16(25)19-20(21)23(29)15-4-2-1-3-14(15)22(19)28/h3-12,14-19,21,40H,13,20,38H2,1-2H3;1-6,8-9,11,25H,7,10,24H2,(H,26,27). The molecule has 0 radical (unpaired) electrons. The first-order valence-electron chi connectivity index (χ1n) is 23.5. The summed E-state index contributed by atoms with van der Waals surface area (Å²) >= 11 is 0. The van der Waals surface area contributed by atoms with Gasteiger partial charge in [0.15, 0.2) is 34.6 Å². The highest BCUT2D eigenvalue weighted by atomic mass is 16.5. The monoisotopic (exact) mass is 985 g/mol. The number of benzene rings is 8. The quantitative estimate of drug-likeness (QED) is 0.0566. The van der Waals surface area contributed by atoms with Crippen LogP contribution in [0.1, 0.15) is 98.8 Å². The minimum absolute atomic E-state index is 0.0173. The number of carbonyl (C=O) groups excluding carboxylic acids is 5. The smallest absolute Gasteiger partial charge is 0.303 e. The zero-order chi connectivity index (χ0) is 52.4. The largest absolute Gasteiger partial charge is 0.507 e. The number of phenols is 2. The summed E-state index contributed by atoms with van der Waals surface area (Å²) in [5, 5.41) is 29.9. The number of nitrogens with zero attached hydrogens (tertiary/aromatic N) is 1. The van der Waals surface area contributed by atoms with E-state index in [1.165, 1.54) is 18.2 Å². The molecule has 0 spiro atoms. The van der Waals surface area contributed by atoms with Gasteiger partial charge in [-0.3, -0.25) is 33.7 Å². The van der Waals surface area contributed by atoms with Crippen LogP contribution in [0.5, 0.6) is 34.5 Å². The Morgan fingerprint density at radius 2 is 0.811 bits per heavy atom. The number of amides is 1. The van der Waals surface area contributed by atoms with E-state index in [1.54, 1.807) is 83.8 Å². The van der Waals surface area contributed by atoms with Gasteiger partial charge in [-0.1, -0.05) is 108 Å². The zero-order valence-corrected chi connectivity index (χ0v) is 40.0. The molecule has 14 nitrogen and oxygen atoms in total. The van der Waals surface area contributed by atoms with Crippen molar-refractivity contribution in [2.45, 2.75) is 39.5 Å². The van der Waals surface area contributed by atoms with E-state index < -0.39 is 29.1 Å². The number of hydrogen-bond acceptors (Lipinski definition) is 12.